The van der Waals surface area contributed by atoms with Crippen molar-refractivity contribution in [3.05, 3.63) is 47.0 Å². The molecule has 0 aromatic heterocycles. The van der Waals surface area contributed by atoms with Crippen LogP contribution >= 0.6 is 0 Å². The van der Waals surface area contributed by atoms with Crippen molar-refractivity contribution in [3.63, 3.8) is 0 Å². The molecule has 2 aromatic rings. The predicted octanol–water partition coefficient (Wildman–Crippen LogP) is 6.74. The Kier molecular flexibility index (Phi) is 6.16. The van der Waals surface area contributed by atoms with Crippen LogP contribution in [0.25, 0.3) is 11.1 Å². The fourth-order valence-corrected chi connectivity index (χ4v) is 3.24. The third-order valence-corrected chi connectivity index (χ3v) is 4.77. The van der Waals surface area contributed by atoms with E-state index in [-0.39, 0.29) is 0 Å². The molecule has 0 bridgehead atoms. The molecule has 0 aliphatic carbocycles. The van der Waals surface area contributed by atoms with Gasteiger partial charge in [-0.05, 0) is 57.7 Å². The Morgan fingerprint density at radius 1 is 0.600 bits per heavy atom. The maximum Gasteiger partial charge on any atom is 0.123 e. The van der Waals surface area contributed by atoms with Crippen LogP contribution < -0.4 is 9.47 Å². The molecule has 0 amide bonds. The summed E-state index contributed by atoms with van der Waals surface area (Å²) >= 11 is 0. The van der Waals surface area contributed by atoms with E-state index in [0.717, 1.165) is 11.5 Å². The molecule has 0 aliphatic rings. The van der Waals surface area contributed by atoms with Gasteiger partial charge in [-0.3, -0.25) is 0 Å². The van der Waals surface area contributed by atoms with Crippen LogP contribution in [-0.2, 0) is 0 Å². The Labute approximate surface area is 153 Å². The molecular weight excluding hydrogens is 308 g/mol. The van der Waals surface area contributed by atoms with Gasteiger partial charge in [0.05, 0.1) is 14.2 Å². The van der Waals surface area contributed by atoms with Crippen LogP contribution in [0, 0.1) is 0 Å². The lowest BCUT2D eigenvalue weighted by Gasteiger charge is -2.23. The van der Waals surface area contributed by atoms with Gasteiger partial charge in [0.25, 0.3) is 0 Å². The minimum atomic E-state index is 0.448. The minimum absolute atomic E-state index is 0.448. The monoisotopic (exact) mass is 340 g/mol. The molecule has 2 nitrogen and oxygen atoms in total. The second-order valence-corrected chi connectivity index (χ2v) is 7.64. The Balaban J connectivity index is 2.83. The summed E-state index contributed by atoms with van der Waals surface area (Å²) in [6, 6.07) is 10.9. The molecule has 2 heteroatoms. The molecule has 0 spiro atoms. The second-order valence-electron chi connectivity index (χ2n) is 7.64. The Hall–Kier alpha value is -1.96. The van der Waals surface area contributed by atoms with E-state index in [4.69, 9.17) is 9.47 Å². The lowest BCUT2D eigenvalue weighted by molar-refractivity contribution is 0.394. The largest absolute Gasteiger partial charge is 0.497 e. The number of hydrogen-bond acceptors (Lipinski definition) is 2. The molecule has 0 saturated heterocycles. The average Bonchev–Trinajstić information content (AvgIpc) is 2.59. The fraction of sp³-hybridized carbons (Fsp3) is 0.478. The summed E-state index contributed by atoms with van der Waals surface area (Å²) in [5.74, 6) is 3.06. The van der Waals surface area contributed by atoms with Crippen molar-refractivity contribution in [2.75, 3.05) is 14.2 Å². The molecule has 0 radical (unpaired) electrons. The topological polar surface area (TPSA) is 18.5 Å². The van der Waals surface area contributed by atoms with E-state index in [1.165, 1.54) is 27.8 Å². The highest BCUT2D eigenvalue weighted by atomic mass is 16.5. The van der Waals surface area contributed by atoms with E-state index in [1.54, 1.807) is 14.2 Å². The lowest BCUT2D eigenvalue weighted by atomic mass is 9.81. The lowest BCUT2D eigenvalue weighted by Crippen LogP contribution is -2.04. The molecule has 0 heterocycles. The smallest absolute Gasteiger partial charge is 0.123 e. The highest BCUT2D eigenvalue weighted by Gasteiger charge is 2.19. The molecule has 2 aromatic carbocycles. The van der Waals surface area contributed by atoms with Crippen molar-refractivity contribution in [1.29, 1.82) is 0 Å². The highest BCUT2D eigenvalue weighted by Crippen LogP contribution is 2.41. The van der Waals surface area contributed by atoms with Crippen LogP contribution in [-0.4, -0.2) is 14.2 Å². The molecule has 0 saturated carbocycles. The third kappa shape index (κ3) is 4.18. The number of hydrogen-bond donors (Lipinski definition) is 0. The van der Waals surface area contributed by atoms with Crippen LogP contribution in [0.5, 0.6) is 11.5 Å². The summed E-state index contributed by atoms with van der Waals surface area (Å²) < 4.78 is 11.0. The summed E-state index contributed by atoms with van der Waals surface area (Å²) in [4.78, 5) is 0. The molecule has 25 heavy (non-hydrogen) atoms. The summed E-state index contributed by atoms with van der Waals surface area (Å²) in [5, 5.41) is 0. The van der Waals surface area contributed by atoms with Gasteiger partial charge in [0, 0.05) is 6.07 Å². The summed E-state index contributed by atoms with van der Waals surface area (Å²) in [5.41, 5.74) is 6.69. The van der Waals surface area contributed by atoms with Crippen molar-refractivity contribution < 1.29 is 9.47 Å². The first kappa shape index (κ1) is 19.4. The van der Waals surface area contributed by atoms with Crippen molar-refractivity contribution in [2.24, 2.45) is 0 Å². The Morgan fingerprint density at radius 2 is 1.04 bits per heavy atom. The van der Waals surface area contributed by atoms with Gasteiger partial charge in [-0.1, -0.05) is 53.7 Å². The zero-order valence-electron chi connectivity index (χ0n) is 16.9. The van der Waals surface area contributed by atoms with Crippen LogP contribution in [0.4, 0.5) is 0 Å². The zero-order valence-corrected chi connectivity index (χ0v) is 16.9. The van der Waals surface area contributed by atoms with Crippen molar-refractivity contribution >= 4 is 0 Å². The van der Waals surface area contributed by atoms with Gasteiger partial charge in [0.15, 0.2) is 0 Å². The number of methoxy groups -OCH3 is 2. The van der Waals surface area contributed by atoms with Gasteiger partial charge in [-0.15, -0.1) is 0 Å². The van der Waals surface area contributed by atoms with E-state index in [9.17, 15) is 0 Å². The van der Waals surface area contributed by atoms with Crippen molar-refractivity contribution in [3.8, 4) is 22.6 Å². The first-order valence-electron chi connectivity index (χ1n) is 9.19. The molecule has 0 aliphatic heterocycles. The normalized spacial score (nSPS) is 11.5. The Bertz CT molecular complexity index is 676. The quantitative estimate of drug-likeness (QED) is 0.579. The first-order chi connectivity index (χ1) is 11.8. The number of benzene rings is 2. The predicted molar refractivity (Wildman–Crippen MR) is 107 cm³/mol. The van der Waals surface area contributed by atoms with Crippen LogP contribution in [0.1, 0.15) is 76.0 Å². The minimum Gasteiger partial charge on any atom is -0.497 e. The molecule has 136 valence electrons. The van der Waals surface area contributed by atoms with E-state index >= 15 is 0 Å². The molecule has 0 fully saturated rings. The molecule has 0 unspecified atom stereocenters. The molecule has 0 atom stereocenters. The van der Waals surface area contributed by atoms with Gasteiger partial charge in [-0.2, -0.15) is 0 Å². The fourth-order valence-electron chi connectivity index (χ4n) is 3.24. The van der Waals surface area contributed by atoms with Crippen LogP contribution in [0.15, 0.2) is 30.3 Å². The van der Waals surface area contributed by atoms with Crippen LogP contribution in [0.2, 0.25) is 0 Å². The van der Waals surface area contributed by atoms with E-state index in [1.807, 2.05) is 6.07 Å². The second kappa shape index (κ2) is 7.95. The van der Waals surface area contributed by atoms with Gasteiger partial charge in [0.1, 0.15) is 11.5 Å². The van der Waals surface area contributed by atoms with Gasteiger partial charge in [0.2, 0.25) is 0 Å². The maximum atomic E-state index is 5.50. The summed E-state index contributed by atoms with van der Waals surface area (Å²) in [6.45, 7) is 13.6. The van der Waals surface area contributed by atoms with E-state index in [2.05, 4.69) is 65.8 Å². The van der Waals surface area contributed by atoms with E-state index in [0.29, 0.717) is 17.8 Å². The standard InChI is InChI=1S/C23H32O2/c1-14(2)17-11-21(15(3)4)23(22(12-17)16(5)6)18-9-19(24-7)13-20(10-18)25-8/h9-16H,1-8H3. The van der Waals surface area contributed by atoms with Crippen molar-refractivity contribution in [1.82, 2.24) is 0 Å². The average molecular weight is 341 g/mol. The van der Waals surface area contributed by atoms with Gasteiger partial charge >= 0.3 is 0 Å². The third-order valence-electron chi connectivity index (χ3n) is 4.77. The van der Waals surface area contributed by atoms with Gasteiger partial charge in [-0.25, -0.2) is 0 Å². The highest BCUT2D eigenvalue weighted by molar-refractivity contribution is 5.75. The maximum absolute atomic E-state index is 5.50. The molecule has 2 rings (SSSR count). The number of ether oxygens (including phenoxy) is 2. The van der Waals surface area contributed by atoms with Gasteiger partial charge < -0.3 is 9.47 Å². The molecule has 0 N–H and O–H groups in total. The zero-order chi connectivity index (χ0) is 18.7. The Morgan fingerprint density at radius 3 is 1.36 bits per heavy atom. The molecular formula is C23H32O2. The first-order valence-corrected chi connectivity index (χ1v) is 9.19. The van der Waals surface area contributed by atoms with Crippen molar-refractivity contribution in [2.45, 2.75) is 59.3 Å². The summed E-state index contributed by atoms with van der Waals surface area (Å²) in [6.07, 6.45) is 0. The van der Waals surface area contributed by atoms with E-state index < -0.39 is 0 Å². The number of rotatable bonds is 6. The van der Waals surface area contributed by atoms with Crippen LogP contribution in [0.3, 0.4) is 0 Å². The summed E-state index contributed by atoms with van der Waals surface area (Å²) in [7, 11) is 3.40. The SMILES string of the molecule is COc1cc(OC)cc(-c2c(C(C)C)cc(C(C)C)cc2C(C)C)c1.